The monoisotopic (exact) mass is 371 g/mol. The molecule has 142 valence electrons. The number of ether oxygens (including phenoxy) is 1. The number of aryl methyl sites for hydroxylation is 2. The number of rotatable bonds is 3. The Morgan fingerprint density at radius 2 is 1.79 bits per heavy atom. The summed E-state index contributed by atoms with van der Waals surface area (Å²) in [4.78, 5) is 7.41. The van der Waals surface area contributed by atoms with Crippen molar-refractivity contribution in [2.75, 3.05) is 25.1 Å². The number of hydrogen-bond acceptors (Lipinski definition) is 4. The average molecular weight is 371 g/mol. The van der Waals surface area contributed by atoms with Crippen LogP contribution in [0.5, 0.6) is 5.75 Å². The van der Waals surface area contributed by atoms with Crippen LogP contribution in [-0.4, -0.2) is 25.2 Å². The number of anilines is 1. The number of hydrogen-bond donors (Lipinski definition) is 0. The van der Waals surface area contributed by atoms with Crippen LogP contribution in [0.4, 0.5) is 5.82 Å². The summed E-state index contributed by atoms with van der Waals surface area (Å²) in [6.07, 6.45) is 3.60. The first-order valence-electron chi connectivity index (χ1n) is 9.88. The van der Waals surface area contributed by atoms with E-state index in [1.165, 1.54) is 19.3 Å². The number of nitrogens with zero attached hydrogens (tertiary/aromatic N) is 3. The molecular weight excluding hydrogens is 346 g/mol. The lowest BCUT2D eigenvalue weighted by atomic mass is 9.93. The largest absolute Gasteiger partial charge is 0.495 e. The fourth-order valence-electron chi connectivity index (χ4n) is 4.32. The number of methoxy groups -OCH3 is 1. The quantitative estimate of drug-likeness (QED) is 0.619. The van der Waals surface area contributed by atoms with E-state index in [9.17, 15) is 5.26 Å². The normalized spacial score (nSPS) is 14.1. The Balaban J connectivity index is 2.12. The highest BCUT2D eigenvalue weighted by Gasteiger charge is 2.24. The van der Waals surface area contributed by atoms with E-state index in [2.05, 4.69) is 36.1 Å². The first kappa shape index (κ1) is 18.3. The van der Waals surface area contributed by atoms with Crippen molar-refractivity contribution in [3.05, 3.63) is 53.2 Å². The van der Waals surface area contributed by atoms with E-state index in [4.69, 9.17) is 9.72 Å². The molecule has 4 rings (SSSR count). The number of fused-ring (bicyclic) bond motifs is 1. The van der Waals surface area contributed by atoms with E-state index < -0.39 is 0 Å². The first-order chi connectivity index (χ1) is 13.7. The van der Waals surface area contributed by atoms with E-state index in [1.54, 1.807) is 7.11 Å². The molecule has 2 heterocycles. The number of pyridine rings is 1. The smallest absolute Gasteiger partial charge is 0.148 e. The lowest BCUT2D eigenvalue weighted by Crippen LogP contribution is -2.30. The zero-order valence-electron chi connectivity index (χ0n) is 16.7. The van der Waals surface area contributed by atoms with Gasteiger partial charge in [0, 0.05) is 24.3 Å². The van der Waals surface area contributed by atoms with Crippen molar-refractivity contribution in [2.45, 2.75) is 33.1 Å². The van der Waals surface area contributed by atoms with Gasteiger partial charge in [-0.3, -0.25) is 0 Å². The maximum absolute atomic E-state index is 9.77. The lowest BCUT2D eigenvalue weighted by Gasteiger charge is -2.30. The third kappa shape index (κ3) is 2.97. The molecule has 4 heteroatoms. The van der Waals surface area contributed by atoms with Crippen LogP contribution in [0.3, 0.4) is 0 Å². The second-order valence-corrected chi connectivity index (χ2v) is 7.45. The Labute approximate surface area is 166 Å². The summed E-state index contributed by atoms with van der Waals surface area (Å²) in [6.45, 7) is 6.04. The van der Waals surface area contributed by atoms with Crippen LogP contribution in [0, 0.1) is 25.2 Å². The van der Waals surface area contributed by atoms with Gasteiger partial charge in [-0.1, -0.05) is 30.3 Å². The van der Waals surface area contributed by atoms with Crippen LogP contribution in [0.1, 0.15) is 36.1 Å². The molecule has 2 aromatic carbocycles. The first-order valence-corrected chi connectivity index (χ1v) is 9.88. The zero-order chi connectivity index (χ0) is 19.7. The molecule has 0 amide bonds. The predicted molar refractivity (Wildman–Crippen MR) is 114 cm³/mol. The summed E-state index contributed by atoms with van der Waals surface area (Å²) in [6, 6.07) is 14.8. The molecule has 0 spiro atoms. The third-order valence-corrected chi connectivity index (χ3v) is 5.64. The predicted octanol–water partition coefficient (Wildman–Crippen LogP) is 5.39. The summed E-state index contributed by atoms with van der Waals surface area (Å²) in [5.41, 5.74) is 4.78. The molecule has 0 aliphatic carbocycles. The average Bonchev–Trinajstić information content (AvgIpc) is 2.73. The molecule has 1 aliphatic rings. The standard InChI is InChI=1S/C24H25N3O/c1-16-14-19-21(18-10-6-4-7-11-18)17(2)26-24(27-12-8-5-9-13-27)22(19)23(28-3)20(16)15-25/h4,6-7,10-11,14H,5,8-9,12-13H2,1-3H3. The Hall–Kier alpha value is -3.06. The van der Waals surface area contributed by atoms with Gasteiger partial charge in [-0.2, -0.15) is 5.26 Å². The van der Waals surface area contributed by atoms with Crippen LogP contribution in [-0.2, 0) is 0 Å². The van der Waals surface area contributed by atoms with E-state index >= 15 is 0 Å². The maximum atomic E-state index is 9.77. The minimum atomic E-state index is 0.595. The lowest BCUT2D eigenvalue weighted by molar-refractivity contribution is 0.418. The minimum Gasteiger partial charge on any atom is -0.495 e. The van der Waals surface area contributed by atoms with E-state index in [-0.39, 0.29) is 0 Å². The van der Waals surface area contributed by atoms with Crippen LogP contribution < -0.4 is 9.64 Å². The van der Waals surface area contributed by atoms with Crippen molar-refractivity contribution in [3.63, 3.8) is 0 Å². The van der Waals surface area contributed by atoms with Gasteiger partial charge >= 0.3 is 0 Å². The van der Waals surface area contributed by atoms with Crippen LogP contribution in [0.2, 0.25) is 0 Å². The van der Waals surface area contributed by atoms with Gasteiger partial charge in [0.15, 0.2) is 0 Å². The SMILES string of the molecule is COc1c(C#N)c(C)cc2c(-c3ccccc3)c(C)nc(N3CCCCC3)c12. The molecule has 0 atom stereocenters. The molecule has 3 aromatic rings. The number of piperidine rings is 1. The Morgan fingerprint density at radius 1 is 1.07 bits per heavy atom. The maximum Gasteiger partial charge on any atom is 0.148 e. The molecule has 0 unspecified atom stereocenters. The molecule has 1 aliphatic heterocycles. The number of benzene rings is 2. The molecule has 1 aromatic heterocycles. The molecule has 28 heavy (non-hydrogen) atoms. The molecule has 4 nitrogen and oxygen atoms in total. The Bertz CT molecular complexity index is 1060. The fraction of sp³-hybridized carbons (Fsp3) is 0.333. The van der Waals surface area contributed by atoms with Crippen molar-refractivity contribution in [1.29, 1.82) is 5.26 Å². The van der Waals surface area contributed by atoms with Crippen molar-refractivity contribution in [1.82, 2.24) is 4.98 Å². The summed E-state index contributed by atoms with van der Waals surface area (Å²) in [5.74, 6) is 1.59. The van der Waals surface area contributed by atoms with Gasteiger partial charge in [-0.25, -0.2) is 4.98 Å². The van der Waals surface area contributed by atoms with Gasteiger partial charge < -0.3 is 9.64 Å². The van der Waals surface area contributed by atoms with Gasteiger partial charge in [0.2, 0.25) is 0 Å². The zero-order valence-corrected chi connectivity index (χ0v) is 16.7. The molecule has 1 saturated heterocycles. The van der Waals surface area contributed by atoms with E-state index in [1.807, 2.05) is 25.1 Å². The topological polar surface area (TPSA) is 49.1 Å². The van der Waals surface area contributed by atoms with Gasteiger partial charge in [0.05, 0.1) is 18.1 Å². The summed E-state index contributed by atoms with van der Waals surface area (Å²) in [5, 5.41) is 11.8. The van der Waals surface area contributed by atoms with Crippen LogP contribution in [0.15, 0.2) is 36.4 Å². The number of aromatic nitrogens is 1. The van der Waals surface area contributed by atoms with Crippen LogP contribution in [0.25, 0.3) is 21.9 Å². The second-order valence-electron chi connectivity index (χ2n) is 7.45. The van der Waals surface area contributed by atoms with Gasteiger partial charge in [0.1, 0.15) is 17.6 Å². The minimum absolute atomic E-state index is 0.595. The highest BCUT2D eigenvalue weighted by atomic mass is 16.5. The molecule has 0 N–H and O–H groups in total. The summed E-state index contributed by atoms with van der Waals surface area (Å²) < 4.78 is 5.80. The van der Waals surface area contributed by atoms with E-state index in [0.29, 0.717) is 11.3 Å². The van der Waals surface area contributed by atoms with Crippen molar-refractivity contribution < 1.29 is 4.74 Å². The molecule has 0 bridgehead atoms. The highest BCUT2D eigenvalue weighted by molar-refractivity contribution is 6.08. The molecule has 0 saturated carbocycles. The summed E-state index contributed by atoms with van der Waals surface area (Å²) >= 11 is 0. The molecular formula is C24H25N3O. The van der Waals surface area contributed by atoms with Gasteiger partial charge in [0.25, 0.3) is 0 Å². The second kappa shape index (κ2) is 7.52. The van der Waals surface area contributed by atoms with Crippen molar-refractivity contribution in [2.24, 2.45) is 0 Å². The third-order valence-electron chi connectivity index (χ3n) is 5.64. The Kier molecular flexibility index (Phi) is 4.92. The Morgan fingerprint density at radius 3 is 2.43 bits per heavy atom. The fourth-order valence-corrected chi connectivity index (χ4v) is 4.32. The van der Waals surface area contributed by atoms with Gasteiger partial charge in [-0.15, -0.1) is 0 Å². The van der Waals surface area contributed by atoms with Crippen molar-refractivity contribution in [3.8, 4) is 22.9 Å². The molecule has 0 radical (unpaired) electrons. The molecule has 1 fully saturated rings. The van der Waals surface area contributed by atoms with E-state index in [0.717, 1.165) is 52.1 Å². The highest BCUT2D eigenvalue weighted by Crippen LogP contribution is 2.43. The number of nitriles is 1. The van der Waals surface area contributed by atoms with Crippen LogP contribution >= 0.6 is 0 Å². The summed E-state index contributed by atoms with van der Waals surface area (Å²) in [7, 11) is 1.65. The van der Waals surface area contributed by atoms with Gasteiger partial charge in [-0.05, 0) is 55.7 Å². The van der Waals surface area contributed by atoms with Crippen molar-refractivity contribution >= 4 is 16.6 Å².